The molecule has 214 valence electrons. The summed E-state index contributed by atoms with van der Waals surface area (Å²) in [6, 6.07) is 4.62. The summed E-state index contributed by atoms with van der Waals surface area (Å²) < 4.78 is 16.2. The molecule has 0 radical (unpaired) electrons. The highest BCUT2D eigenvalue weighted by Gasteiger charge is 2.49. The average Bonchev–Trinajstić information content (AvgIpc) is 2.77. The zero-order valence-corrected chi connectivity index (χ0v) is 30.7. The lowest BCUT2D eigenvalue weighted by atomic mass is 9.89. The van der Waals surface area contributed by atoms with E-state index in [-0.39, 0.29) is 0 Å². The van der Waals surface area contributed by atoms with Crippen LogP contribution in [-0.2, 0) is 0 Å². The van der Waals surface area contributed by atoms with E-state index in [2.05, 4.69) is 137 Å². The van der Waals surface area contributed by atoms with Crippen molar-refractivity contribution < 1.29 is 8.85 Å². The van der Waals surface area contributed by atoms with Crippen molar-refractivity contribution in [3.8, 4) is 11.5 Å². The third kappa shape index (κ3) is 7.68. The minimum Gasteiger partial charge on any atom is -0.542 e. The lowest BCUT2D eigenvalue weighted by Crippen LogP contribution is -2.51. The molecule has 0 aliphatic carbocycles. The Hall–Kier alpha value is -0.276. The van der Waals surface area contributed by atoms with Gasteiger partial charge in [-0.05, 0) is 86.7 Å². The number of halogens is 1. The molecule has 0 aliphatic heterocycles. The van der Waals surface area contributed by atoms with Crippen LogP contribution in [0, 0.1) is 3.57 Å². The van der Waals surface area contributed by atoms with Gasteiger partial charge in [-0.1, -0.05) is 109 Å². The van der Waals surface area contributed by atoms with Crippen LogP contribution in [0.5, 0.6) is 11.5 Å². The lowest BCUT2D eigenvalue weighted by Gasteiger charge is -2.45. The summed E-state index contributed by atoms with van der Waals surface area (Å²) in [6.45, 7) is 35.0. The molecule has 1 aromatic rings. The molecule has 5 heteroatoms. The Kier molecular flexibility index (Phi) is 14.0. The molecule has 0 heterocycles. The number of unbranched alkanes of at least 4 members (excludes halogenated alkanes) is 1. The first-order chi connectivity index (χ1) is 17.1. The Morgan fingerprint density at radius 3 is 1.35 bits per heavy atom. The molecule has 0 unspecified atom stereocenters. The molecule has 0 saturated carbocycles. The molecule has 0 fully saturated rings. The Bertz CT molecular complexity index is 747. The maximum atomic E-state index is 7.48. The summed E-state index contributed by atoms with van der Waals surface area (Å²) in [4.78, 5) is 0. The highest BCUT2D eigenvalue weighted by Crippen LogP contribution is 2.50. The van der Waals surface area contributed by atoms with E-state index < -0.39 is 16.6 Å². The molecule has 1 rings (SSSR count). The molecule has 0 bridgehead atoms. The first kappa shape index (κ1) is 34.8. The van der Waals surface area contributed by atoms with Crippen molar-refractivity contribution in [2.24, 2.45) is 0 Å². The van der Waals surface area contributed by atoms with Crippen molar-refractivity contribution in [1.29, 1.82) is 0 Å². The molecule has 1 aromatic carbocycles. The number of hydrogen-bond donors (Lipinski definition) is 0. The summed E-state index contributed by atoms with van der Waals surface area (Å²) in [5.74, 6) is 2.54. The highest BCUT2D eigenvalue weighted by atomic mass is 127. The van der Waals surface area contributed by atoms with Gasteiger partial charge in [-0.2, -0.15) is 0 Å². The standard InChI is InChI=1S/C32H59IO2Si2/c1-15-17-19-28(18-16-2)32-30(34-36(22(3)4,23(5)6)24(7)8)20-29(33)21-31(32)35-37(25(9)10,26(11)12)27(13)14/h16,20-28H,2,15,17-19H2,1,3-14H3/t28-/m0/s1. The van der Waals surface area contributed by atoms with Gasteiger partial charge in [-0.3, -0.25) is 0 Å². The second-order valence-electron chi connectivity index (χ2n) is 13.0. The zero-order chi connectivity index (χ0) is 28.7. The maximum Gasteiger partial charge on any atom is 0.258 e. The van der Waals surface area contributed by atoms with Crippen LogP contribution >= 0.6 is 22.6 Å². The van der Waals surface area contributed by atoms with E-state index in [1.54, 1.807) is 0 Å². The van der Waals surface area contributed by atoms with Gasteiger partial charge in [0.25, 0.3) is 16.6 Å². The monoisotopic (exact) mass is 658 g/mol. The van der Waals surface area contributed by atoms with Gasteiger partial charge >= 0.3 is 0 Å². The van der Waals surface area contributed by atoms with Crippen molar-refractivity contribution in [3.05, 3.63) is 33.9 Å². The van der Waals surface area contributed by atoms with E-state index >= 15 is 0 Å². The largest absolute Gasteiger partial charge is 0.542 e. The topological polar surface area (TPSA) is 18.5 Å². The van der Waals surface area contributed by atoms with E-state index in [4.69, 9.17) is 8.85 Å². The first-order valence-corrected chi connectivity index (χ1v) is 20.3. The molecule has 0 aromatic heterocycles. The predicted molar refractivity (Wildman–Crippen MR) is 180 cm³/mol. The predicted octanol–water partition coefficient (Wildman–Crippen LogP) is 12.2. The second-order valence-corrected chi connectivity index (χ2v) is 25.0. The first-order valence-electron chi connectivity index (χ1n) is 14.9. The minimum absolute atomic E-state index is 0.357. The van der Waals surface area contributed by atoms with E-state index in [9.17, 15) is 0 Å². The van der Waals surface area contributed by atoms with E-state index in [1.165, 1.54) is 22.0 Å². The van der Waals surface area contributed by atoms with E-state index in [0.29, 0.717) is 39.2 Å². The fourth-order valence-corrected chi connectivity index (χ4v) is 18.3. The molecule has 0 aliphatic rings. The van der Waals surface area contributed by atoms with Crippen molar-refractivity contribution in [2.75, 3.05) is 0 Å². The number of rotatable bonds is 16. The third-order valence-corrected chi connectivity index (χ3v) is 21.4. The normalized spacial score (nSPS) is 13.9. The van der Waals surface area contributed by atoms with Gasteiger partial charge in [0.05, 0.1) is 0 Å². The van der Waals surface area contributed by atoms with Gasteiger partial charge in [0.2, 0.25) is 0 Å². The SMILES string of the molecule is C=CC[C@@H](CCCC)c1c(O[Si](C(C)C)(C(C)C)C(C)C)cc(I)cc1O[Si](C(C)C)(C(C)C)C(C)C. The van der Waals surface area contributed by atoms with Crippen LogP contribution in [0.2, 0.25) is 33.2 Å². The molecule has 0 N–H and O–H groups in total. The van der Waals surface area contributed by atoms with E-state index in [0.717, 1.165) is 24.3 Å². The van der Waals surface area contributed by atoms with Crippen LogP contribution in [0.3, 0.4) is 0 Å². The summed E-state index contributed by atoms with van der Waals surface area (Å²) in [6.07, 6.45) is 6.57. The van der Waals surface area contributed by atoms with Crippen LogP contribution in [0.25, 0.3) is 0 Å². The van der Waals surface area contributed by atoms with Gasteiger partial charge in [-0.25, -0.2) is 0 Å². The molecule has 0 spiro atoms. The molecular weight excluding hydrogens is 599 g/mol. The molecule has 2 nitrogen and oxygen atoms in total. The second kappa shape index (κ2) is 14.9. The molecular formula is C32H59IO2Si2. The van der Waals surface area contributed by atoms with Crippen LogP contribution in [-0.4, -0.2) is 16.6 Å². The van der Waals surface area contributed by atoms with E-state index in [1.807, 2.05) is 0 Å². The minimum atomic E-state index is -2.14. The van der Waals surface area contributed by atoms with Crippen LogP contribution in [0.1, 0.15) is 127 Å². The third-order valence-electron chi connectivity index (χ3n) is 8.82. The summed E-state index contributed by atoms with van der Waals surface area (Å²) >= 11 is 2.48. The maximum absolute atomic E-state index is 7.48. The fraction of sp³-hybridized carbons (Fsp3) is 0.750. The van der Waals surface area contributed by atoms with Crippen LogP contribution < -0.4 is 8.85 Å². The highest BCUT2D eigenvalue weighted by molar-refractivity contribution is 14.1. The van der Waals surface area contributed by atoms with Crippen molar-refractivity contribution in [2.45, 2.75) is 155 Å². The van der Waals surface area contributed by atoms with Crippen molar-refractivity contribution in [3.63, 3.8) is 0 Å². The summed E-state index contributed by atoms with van der Waals surface area (Å²) in [5.41, 5.74) is 4.43. The van der Waals surface area contributed by atoms with Gasteiger partial charge in [0.15, 0.2) is 0 Å². The lowest BCUT2D eigenvalue weighted by molar-refractivity contribution is 0.437. The van der Waals surface area contributed by atoms with Gasteiger partial charge < -0.3 is 8.85 Å². The Balaban J connectivity index is 4.05. The molecule has 1 atom stereocenters. The summed E-state index contributed by atoms with van der Waals surface area (Å²) in [7, 11) is -4.29. The molecule has 0 saturated heterocycles. The van der Waals surface area contributed by atoms with Gasteiger partial charge in [0, 0.05) is 9.13 Å². The average molecular weight is 659 g/mol. The van der Waals surface area contributed by atoms with Gasteiger partial charge in [-0.15, -0.1) is 6.58 Å². The summed E-state index contributed by atoms with van der Waals surface area (Å²) in [5, 5.41) is 0. The van der Waals surface area contributed by atoms with Crippen molar-refractivity contribution in [1.82, 2.24) is 0 Å². The molecule has 37 heavy (non-hydrogen) atoms. The molecule has 0 amide bonds. The Labute approximate surface area is 247 Å². The fourth-order valence-electron chi connectivity index (χ4n) is 7.26. The number of hydrogen-bond acceptors (Lipinski definition) is 2. The van der Waals surface area contributed by atoms with Crippen LogP contribution in [0.15, 0.2) is 24.8 Å². The van der Waals surface area contributed by atoms with Gasteiger partial charge in [0.1, 0.15) is 11.5 Å². The number of benzene rings is 1. The Morgan fingerprint density at radius 2 is 1.08 bits per heavy atom. The van der Waals surface area contributed by atoms with Crippen LogP contribution in [0.4, 0.5) is 0 Å². The smallest absolute Gasteiger partial charge is 0.258 e. The Morgan fingerprint density at radius 1 is 0.730 bits per heavy atom. The quantitative estimate of drug-likeness (QED) is 0.1000. The van der Waals surface area contributed by atoms with Crippen molar-refractivity contribution >= 4 is 39.2 Å². The zero-order valence-electron chi connectivity index (χ0n) is 26.5. The number of allylic oxidation sites excluding steroid dienone is 1.